The summed E-state index contributed by atoms with van der Waals surface area (Å²) in [5.41, 5.74) is 9.72. The predicted molar refractivity (Wildman–Crippen MR) is 166 cm³/mol. The molecular weight excluding hydrogens is 502 g/mol. The molecule has 4 aromatic rings. The number of sulfonamides is 1. The molecule has 39 heavy (non-hydrogen) atoms. The maximum Gasteiger partial charge on any atom is 0.229 e. The summed E-state index contributed by atoms with van der Waals surface area (Å²) in [5.74, 6) is 0.970. The molecular formula is C33H43N3O2S. The van der Waals surface area contributed by atoms with E-state index in [-0.39, 0.29) is 0 Å². The first-order valence-corrected chi connectivity index (χ1v) is 16.0. The highest BCUT2D eigenvalue weighted by Gasteiger charge is 2.16. The maximum atomic E-state index is 11.4. The minimum absolute atomic E-state index is 0.485. The van der Waals surface area contributed by atoms with Crippen LogP contribution in [-0.4, -0.2) is 32.7 Å². The SMILES string of the molecule is CC(C)c1cc(-c2[nH]c3ccccc3c2CCNCCCCc2ccc(NS(C)(=O)=O)cc2)cc(C(C)C)c1. The van der Waals surface area contributed by atoms with Crippen LogP contribution < -0.4 is 10.0 Å². The molecule has 0 atom stereocenters. The molecule has 1 heterocycles. The molecule has 208 valence electrons. The molecule has 0 radical (unpaired) electrons. The van der Waals surface area contributed by atoms with Gasteiger partial charge in [-0.3, -0.25) is 4.72 Å². The summed E-state index contributed by atoms with van der Waals surface area (Å²) in [6, 6.07) is 23.4. The topological polar surface area (TPSA) is 74.0 Å². The second-order valence-electron chi connectivity index (χ2n) is 11.3. The number of aryl methyl sites for hydroxylation is 1. The Morgan fingerprint density at radius 3 is 2.10 bits per heavy atom. The second kappa shape index (κ2) is 12.8. The van der Waals surface area contributed by atoms with Crippen LogP contribution in [0.5, 0.6) is 0 Å². The number of anilines is 1. The Labute approximate surface area is 234 Å². The highest BCUT2D eigenvalue weighted by molar-refractivity contribution is 7.92. The van der Waals surface area contributed by atoms with E-state index >= 15 is 0 Å². The van der Waals surface area contributed by atoms with Crippen molar-refractivity contribution < 1.29 is 8.42 Å². The molecule has 3 N–H and O–H groups in total. The van der Waals surface area contributed by atoms with Gasteiger partial charge in [0, 0.05) is 22.3 Å². The van der Waals surface area contributed by atoms with Crippen molar-refractivity contribution in [3.8, 4) is 11.3 Å². The molecule has 0 aliphatic rings. The molecule has 0 unspecified atom stereocenters. The number of fused-ring (bicyclic) bond motifs is 1. The molecule has 0 saturated heterocycles. The van der Waals surface area contributed by atoms with Crippen LogP contribution in [0, 0.1) is 0 Å². The van der Waals surface area contributed by atoms with Crippen LogP contribution in [0.3, 0.4) is 0 Å². The quantitative estimate of drug-likeness (QED) is 0.151. The fraction of sp³-hybridized carbons (Fsp3) is 0.394. The Balaban J connectivity index is 1.36. The summed E-state index contributed by atoms with van der Waals surface area (Å²) in [6.07, 6.45) is 5.30. The molecule has 0 spiro atoms. The van der Waals surface area contributed by atoms with Gasteiger partial charge in [-0.1, -0.05) is 64.1 Å². The van der Waals surface area contributed by atoms with E-state index in [1.165, 1.54) is 50.7 Å². The van der Waals surface area contributed by atoms with Crippen LogP contribution in [0.2, 0.25) is 0 Å². The van der Waals surface area contributed by atoms with Crippen molar-refractivity contribution in [2.45, 2.75) is 65.2 Å². The van der Waals surface area contributed by atoms with Crippen molar-refractivity contribution in [2.24, 2.45) is 0 Å². The van der Waals surface area contributed by atoms with Gasteiger partial charge in [0.25, 0.3) is 0 Å². The monoisotopic (exact) mass is 545 g/mol. The minimum atomic E-state index is -3.24. The number of hydrogen-bond acceptors (Lipinski definition) is 3. The average molecular weight is 546 g/mol. The number of hydrogen-bond donors (Lipinski definition) is 3. The number of para-hydroxylation sites is 1. The number of H-pyrrole nitrogens is 1. The normalized spacial score (nSPS) is 12.1. The van der Waals surface area contributed by atoms with Gasteiger partial charge in [0.2, 0.25) is 10.0 Å². The maximum absolute atomic E-state index is 11.4. The summed E-state index contributed by atoms with van der Waals surface area (Å²) in [7, 11) is -3.24. The first-order valence-electron chi connectivity index (χ1n) is 14.1. The van der Waals surface area contributed by atoms with Gasteiger partial charge in [-0.05, 0) is 109 Å². The van der Waals surface area contributed by atoms with Crippen molar-refractivity contribution in [1.82, 2.24) is 10.3 Å². The number of unbranched alkanes of at least 4 members (excludes halogenated alkanes) is 1. The van der Waals surface area contributed by atoms with Gasteiger partial charge in [-0.2, -0.15) is 0 Å². The summed E-state index contributed by atoms with van der Waals surface area (Å²) < 4.78 is 25.2. The van der Waals surface area contributed by atoms with E-state index in [1.807, 2.05) is 24.3 Å². The third kappa shape index (κ3) is 7.96. The zero-order chi connectivity index (χ0) is 28.0. The molecule has 0 aliphatic carbocycles. The lowest BCUT2D eigenvalue weighted by Crippen LogP contribution is -2.18. The zero-order valence-electron chi connectivity index (χ0n) is 24.0. The van der Waals surface area contributed by atoms with Crippen molar-refractivity contribution in [2.75, 3.05) is 24.1 Å². The molecule has 0 aliphatic heterocycles. The van der Waals surface area contributed by atoms with Gasteiger partial charge in [0.05, 0.1) is 6.26 Å². The molecule has 0 saturated carbocycles. The number of aromatic amines is 1. The molecule has 0 bridgehead atoms. The number of aromatic nitrogens is 1. The lowest BCUT2D eigenvalue weighted by atomic mass is 9.91. The van der Waals surface area contributed by atoms with Crippen LogP contribution in [0.25, 0.3) is 22.2 Å². The van der Waals surface area contributed by atoms with E-state index in [0.29, 0.717) is 17.5 Å². The number of nitrogens with one attached hydrogen (secondary N) is 3. The Morgan fingerprint density at radius 2 is 1.46 bits per heavy atom. The van der Waals surface area contributed by atoms with Crippen LogP contribution in [0.1, 0.15) is 74.6 Å². The molecule has 0 amide bonds. The first-order chi connectivity index (χ1) is 18.6. The Bertz CT molecular complexity index is 1460. The van der Waals surface area contributed by atoms with E-state index < -0.39 is 10.0 Å². The lowest BCUT2D eigenvalue weighted by molar-refractivity contribution is 0.607. The molecule has 1 aromatic heterocycles. The van der Waals surface area contributed by atoms with Crippen LogP contribution >= 0.6 is 0 Å². The van der Waals surface area contributed by atoms with E-state index in [0.717, 1.165) is 38.8 Å². The molecule has 4 rings (SSSR count). The second-order valence-corrected chi connectivity index (χ2v) is 13.0. The zero-order valence-corrected chi connectivity index (χ0v) is 24.8. The largest absolute Gasteiger partial charge is 0.354 e. The van der Waals surface area contributed by atoms with E-state index in [2.05, 4.69) is 85.2 Å². The van der Waals surface area contributed by atoms with Gasteiger partial charge in [-0.25, -0.2) is 8.42 Å². The third-order valence-electron chi connectivity index (χ3n) is 7.29. The van der Waals surface area contributed by atoms with E-state index in [4.69, 9.17) is 0 Å². The number of rotatable bonds is 13. The molecule has 0 fully saturated rings. The summed E-state index contributed by atoms with van der Waals surface area (Å²) in [6.45, 7) is 11.0. The first kappa shape index (κ1) is 28.9. The fourth-order valence-electron chi connectivity index (χ4n) is 5.06. The number of benzene rings is 3. The van der Waals surface area contributed by atoms with Crippen molar-refractivity contribution in [3.05, 3.63) is 89.0 Å². The Kier molecular flexibility index (Phi) is 9.52. The Hall–Kier alpha value is -3.09. The van der Waals surface area contributed by atoms with Crippen molar-refractivity contribution in [3.63, 3.8) is 0 Å². The molecule has 5 nitrogen and oxygen atoms in total. The summed E-state index contributed by atoms with van der Waals surface area (Å²) >= 11 is 0. The fourth-order valence-corrected chi connectivity index (χ4v) is 5.63. The minimum Gasteiger partial charge on any atom is -0.354 e. The smallest absolute Gasteiger partial charge is 0.229 e. The lowest BCUT2D eigenvalue weighted by Gasteiger charge is -2.15. The molecule has 6 heteroatoms. The summed E-state index contributed by atoms with van der Waals surface area (Å²) in [4.78, 5) is 3.74. The average Bonchev–Trinajstić information content (AvgIpc) is 3.26. The van der Waals surface area contributed by atoms with Crippen LogP contribution in [0.4, 0.5) is 5.69 Å². The van der Waals surface area contributed by atoms with Crippen LogP contribution in [0.15, 0.2) is 66.7 Å². The highest BCUT2D eigenvalue weighted by atomic mass is 32.2. The molecule has 3 aromatic carbocycles. The third-order valence-corrected chi connectivity index (χ3v) is 7.90. The van der Waals surface area contributed by atoms with Crippen LogP contribution in [-0.2, 0) is 22.9 Å². The van der Waals surface area contributed by atoms with Gasteiger partial charge >= 0.3 is 0 Å². The highest BCUT2D eigenvalue weighted by Crippen LogP contribution is 2.34. The standard InChI is InChI=1S/C33H43N3O2S/c1-23(2)26-20-27(24(3)4)22-28(21-26)33-31(30-11-6-7-12-32(30)35-33)17-19-34-18-9-8-10-25-13-15-29(16-14-25)36-39(5,37)38/h6-7,11-16,20-24,34-36H,8-10,17-19H2,1-5H3. The van der Waals surface area contributed by atoms with Gasteiger partial charge in [-0.15, -0.1) is 0 Å². The Morgan fingerprint density at radius 1 is 0.795 bits per heavy atom. The van der Waals surface area contributed by atoms with Gasteiger partial charge in [0.1, 0.15) is 0 Å². The van der Waals surface area contributed by atoms with E-state index in [9.17, 15) is 8.42 Å². The van der Waals surface area contributed by atoms with Gasteiger partial charge in [0.15, 0.2) is 0 Å². The van der Waals surface area contributed by atoms with Crippen molar-refractivity contribution in [1.29, 1.82) is 0 Å². The predicted octanol–water partition coefficient (Wildman–Crippen LogP) is 7.61. The van der Waals surface area contributed by atoms with Crippen molar-refractivity contribution >= 4 is 26.6 Å². The van der Waals surface area contributed by atoms with E-state index in [1.54, 1.807) is 0 Å². The summed E-state index contributed by atoms with van der Waals surface area (Å²) in [5, 5.41) is 4.97. The van der Waals surface area contributed by atoms with Gasteiger partial charge < -0.3 is 10.3 Å².